The number of carbonyl (C=O) groups is 2. The predicted molar refractivity (Wildman–Crippen MR) is 107 cm³/mol. The molecular weight excluding hydrogens is 384 g/mol. The fourth-order valence-electron chi connectivity index (χ4n) is 3.21. The Bertz CT molecular complexity index is 1040. The number of hydrogen-bond acceptors (Lipinski definition) is 4. The van der Waals surface area contributed by atoms with E-state index in [2.05, 4.69) is 10.3 Å². The lowest BCUT2D eigenvalue weighted by Crippen LogP contribution is -2.42. The molecule has 0 aromatic carbocycles. The van der Waals surface area contributed by atoms with Crippen LogP contribution in [0.4, 0.5) is 10.7 Å². The van der Waals surface area contributed by atoms with Crippen LogP contribution in [0.2, 0.25) is 4.34 Å². The standard InChI is InChI=1S/C19H17ClN4O2S/c1-11-5-7-21-9-14(11)22-18(25)13-6-8-23-12(2)10-24(19(26)17(13)23)16-4-3-15(20)27-16/h3-9,12H,10H2,1-2H3,(H,22,25)/t12-/m0/s1. The van der Waals surface area contributed by atoms with E-state index in [1.807, 2.05) is 30.5 Å². The van der Waals surface area contributed by atoms with Gasteiger partial charge in [0, 0.05) is 25.0 Å². The first-order valence-electron chi connectivity index (χ1n) is 8.45. The van der Waals surface area contributed by atoms with E-state index in [1.54, 1.807) is 35.6 Å². The molecule has 3 aromatic rings. The van der Waals surface area contributed by atoms with Gasteiger partial charge in [-0.1, -0.05) is 11.6 Å². The van der Waals surface area contributed by atoms with Crippen LogP contribution in [0.3, 0.4) is 0 Å². The van der Waals surface area contributed by atoms with Gasteiger partial charge in [-0.15, -0.1) is 11.3 Å². The largest absolute Gasteiger partial charge is 0.338 e. The van der Waals surface area contributed by atoms with Crippen molar-refractivity contribution in [3.05, 3.63) is 64.0 Å². The summed E-state index contributed by atoms with van der Waals surface area (Å²) in [5.74, 6) is -0.531. The van der Waals surface area contributed by atoms with Crippen LogP contribution in [0.15, 0.2) is 42.9 Å². The van der Waals surface area contributed by atoms with Crippen molar-refractivity contribution < 1.29 is 9.59 Å². The summed E-state index contributed by atoms with van der Waals surface area (Å²) in [5, 5.41) is 3.63. The van der Waals surface area contributed by atoms with Gasteiger partial charge in [-0.2, -0.15) is 0 Å². The molecule has 0 aliphatic carbocycles. The average Bonchev–Trinajstić information content (AvgIpc) is 3.27. The molecule has 0 saturated heterocycles. The molecule has 0 bridgehead atoms. The lowest BCUT2D eigenvalue weighted by Gasteiger charge is -2.32. The van der Waals surface area contributed by atoms with Gasteiger partial charge in [0.15, 0.2) is 0 Å². The fourth-order valence-corrected chi connectivity index (χ4v) is 4.25. The number of aromatic nitrogens is 2. The molecule has 6 nitrogen and oxygen atoms in total. The van der Waals surface area contributed by atoms with Crippen molar-refractivity contribution in [1.29, 1.82) is 0 Å². The average molecular weight is 401 g/mol. The molecule has 3 aromatic heterocycles. The number of nitrogens with zero attached hydrogens (tertiary/aromatic N) is 3. The lowest BCUT2D eigenvalue weighted by atomic mass is 10.1. The number of amides is 2. The molecule has 0 radical (unpaired) electrons. The number of thiophene rings is 1. The zero-order valence-corrected chi connectivity index (χ0v) is 16.3. The normalized spacial score (nSPS) is 16.3. The third-order valence-electron chi connectivity index (χ3n) is 4.64. The molecule has 1 N–H and O–H groups in total. The molecule has 4 rings (SSSR count). The molecule has 4 heterocycles. The highest BCUT2D eigenvalue weighted by molar-refractivity contribution is 7.20. The summed E-state index contributed by atoms with van der Waals surface area (Å²) in [6, 6.07) is 7.15. The number of pyridine rings is 1. The van der Waals surface area contributed by atoms with E-state index < -0.39 is 0 Å². The number of rotatable bonds is 3. The highest BCUT2D eigenvalue weighted by Crippen LogP contribution is 2.35. The topological polar surface area (TPSA) is 67.2 Å². The summed E-state index contributed by atoms with van der Waals surface area (Å²) in [7, 11) is 0. The summed E-state index contributed by atoms with van der Waals surface area (Å²) < 4.78 is 2.48. The number of hydrogen-bond donors (Lipinski definition) is 1. The molecular formula is C19H17ClN4O2S. The molecule has 0 fully saturated rings. The summed E-state index contributed by atoms with van der Waals surface area (Å²) in [5.41, 5.74) is 2.27. The van der Waals surface area contributed by atoms with Gasteiger partial charge in [0.1, 0.15) is 5.69 Å². The Morgan fingerprint density at radius 3 is 2.85 bits per heavy atom. The summed E-state index contributed by atoms with van der Waals surface area (Å²) in [4.78, 5) is 31.7. The van der Waals surface area contributed by atoms with Crippen LogP contribution in [0, 0.1) is 6.92 Å². The molecule has 8 heteroatoms. The Hall–Kier alpha value is -2.64. The second-order valence-electron chi connectivity index (χ2n) is 6.47. The van der Waals surface area contributed by atoms with E-state index in [1.165, 1.54) is 11.3 Å². The first kappa shape index (κ1) is 17.8. The van der Waals surface area contributed by atoms with Gasteiger partial charge in [-0.3, -0.25) is 19.5 Å². The van der Waals surface area contributed by atoms with Crippen molar-refractivity contribution >= 4 is 45.4 Å². The molecule has 0 unspecified atom stereocenters. The predicted octanol–water partition coefficient (Wildman–Crippen LogP) is 4.38. The van der Waals surface area contributed by atoms with Gasteiger partial charge in [0.25, 0.3) is 11.8 Å². The van der Waals surface area contributed by atoms with Crippen molar-refractivity contribution in [3.63, 3.8) is 0 Å². The van der Waals surface area contributed by atoms with E-state index in [9.17, 15) is 9.59 Å². The van der Waals surface area contributed by atoms with Gasteiger partial charge in [0.05, 0.1) is 26.8 Å². The fraction of sp³-hybridized carbons (Fsp3) is 0.211. The number of fused-ring (bicyclic) bond motifs is 1. The molecule has 138 valence electrons. The molecule has 1 aliphatic heterocycles. The van der Waals surface area contributed by atoms with Crippen LogP contribution in [0.1, 0.15) is 39.4 Å². The molecule has 27 heavy (non-hydrogen) atoms. The number of aryl methyl sites for hydroxylation is 1. The summed E-state index contributed by atoms with van der Waals surface area (Å²) in [6.07, 6.45) is 5.06. The second kappa shape index (κ2) is 6.83. The molecule has 0 saturated carbocycles. The SMILES string of the molecule is Cc1ccncc1NC(=O)c1ccn2c1C(=O)N(c1ccc(Cl)s1)C[C@@H]2C. The van der Waals surface area contributed by atoms with Crippen molar-refractivity contribution in [3.8, 4) is 0 Å². The van der Waals surface area contributed by atoms with E-state index >= 15 is 0 Å². The minimum Gasteiger partial charge on any atom is -0.338 e. The van der Waals surface area contributed by atoms with Gasteiger partial charge in [0.2, 0.25) is 0 Å². The van der Waals surface area contributed by atoms with Crippen LogP contribution >= 0.6 is 22.9 Å². The third-order valence-corrected chi connectivity index (χ3v) is 5.90. The van der Waals surface area contributed by atoms with Gasteiger partial charge < -0.3 is 9.88 Å². The summed E-state index contributed by atoms with van der Waals surface area (Å²) in [6.45, 7) is 4.44. The Morgan fingerprint density at radius 2 is 2.15 bits per heavy atom. The van der Waals surface area contributed by atoms with E-state index in [-0.39, 0.29) is 17.9 Å². The maximum atomic E-state index is 13.2. The monoisotopic (exact) mass is 400 g/mol. The number of nitrogens with one attached hydrogen (secondary N) is 1. The van der Waals surface area contributed by atoms with Crippen LogP contribution < -0.4 is 10.2 Å². The van der Waals surface area contributed by atoms with Crippen molar-refractivity contribution in [2.75, 3.05) is 16.8 Å². The Balaban J connectivity index is 1.69. The van der Waals surface area contributed by atoms with Gasteiger partial charge in [-0.05, 0) is 43.7 Å². The van der Waals surface area contributed by atoms with E-state index in [4.69, 9.17) is 11.6 Å². The van der Waals surface area contributed by atoms with Crippen LogP contribution in [0.25, 0.3) is 0 Å². The molecule has 2 amide bonds. The lowest BCUT2D eigenvalue weighted by molar-refractivity contribution is 0.0943. The van der Waals surface area contributed by atoms with E-state index in [0.29, 0.717) is 27.8 Å². The minimum absolute atomic E-state index is 0.0419. The zero-order valence-electron chi connectivity index (χ0n) is 14.8. The first-order valence-corrected chi connectivity index (χ1v) is 9.65. The highest BCUT2D eigenvalue weighted by atomic mass is 35.5. The Labute approximate surface area is 165 Å². The minimum atomic E-state index is -0.327. The van der Waals surface area contributed by atoms with Crippen LogP contribution in [-0.2, 0) is 0 Å². The third kappa shape index (κ3) is 3.13. The molecule has 0 spiro atoms. The molecule has 1 atom stereocenters. The highest BCUT2D eigenvalue weighted by Gasteiger charge is 2.34. The second-order valence-corrected chi connectivity index (χ2v) is 8.17. The number of anilines is 2. The van der Waals surface area contributed by atoms with Crippen LogP contribution in [0.5, 0.6) is 0 Å². The van der Waals surface area contributed by atoms with Crippen molar-refractivity contribution in [1.82, 2.24) is 9.55 Å². The van der Waals surface area contributed by atoms with Gasteiger partial charge >= 0.3 is 0 Å². The Morgan fingerprint density at radius 1 is 1.33 bits per heavy atom. The smallest absolute Gasteiger partial charge is 0.276 e. The quantitative estimate of drug-likeness (QED) is 0.709. The van der Waals surface area contributed by atoms with Crippen LogP contribution in [-0.4, -0.2) is 27.9 Å². The maximum absolute atomic E-state index is 13.2. The van der Waals surface area contributed by atoms with E-state index in [0.717, 1.165) is 10.6 Å². The maximum Gasteiger partial charge on any atom is 0.276 e. The van der Waals surface area contributed by atoms with Gasteiger partial charge in [-0.25, -0.2) is 0 Å². The molecule has 1 aliphatic rings. The van der Waals surface area contributed by atoms with Crippen molar-refractivity contribution in [2.24, 2.45) is 0 Å². The number of halogens is 1. The van der Waals surface area contributed by atoms with Crippen molar-refractivity contribution in [2.45, 2.75) is 19.9 Å². The first-order chi connectivity index (χ1) is 13.0. The summed E-state index contributed by atoms with van der Waals surface area (Å²) >= 11 is 7.38. The Kier molecular flexibility index (Phi) is 4.49. The zero-order chi connectivity index (χ0) is 19.1. The number of carbonyl (C=O) groups excluding carboxylic acids is 2.